The van der Waals surface area contributed by atoms with Crippen LogP contribution in [-0.4, -0.2) is 22.4 Å². The van der Waals surface area contributed by atoms with Crippen molar-refractivity contribution < 1.29 is 14.3 Å². The maximum Gasteiger partial charge on any atom is 0.411 e. The molecule has 0 saturated carbocycles. The molecule has 2 amide bonds. The molecule has 0 saturated heterocycles. The highest BCUT2D eigenvalue weighted by molar-refractivity contribution is 6.67. The molecule has 0 atom stereocenters. The standard InChI is InChI=1S/C11H11Cl3N2O3/c1-7(17)15-8-2-4-9(5-3-8)16-10(18)19-6-11(12,13)14/h2-5H,6H2,1H3,(H,15,17)(H,16,18). The molecule has 104 valence electrons. The fourth-order valence-corrected chi connectivity index (χ4v) is 1.31. The van der Waals surface area contributed by atoms with Crippen LogP contribution in [0.4, 0.5) is 16.2 Å². The van der Waals surface area contributed by atoms with Crippen molar-refractivity contribution in [3.05, 3.63) is 24.3 Å². The Hall–Kier alpha value is -1.17. The van der Waals surface area contributed by atoms with Crippen LogP contribution in [0.3, 0.4) is 0 Å². The minimum Gasteiger partial charge on any atom is -0.445 e. The van der Waals surface area contributed by atoms with Gasteiger partial charge in [0.05, 0.1) is 0 Å². The fraction of sp³-hybridized carbons (Fsp3) is 0.273. The van der Waals surface area contributed by atoms with E-state index >= 15 is 0 Å². The molecule has 0 aliphatic heterocycles. The number of anilines is 2. The van der Waals surface area contributed by atoms with Gasteiger partial charge in [0.25, 0.3) is 0 Å². The Kier molecular flexibility index (Phi) is 5.72. The molecule has 0 heterocycles. The number of alkyl halides is 3. The summed E-state index contributed by atoms with van der Waals surface area (Å²) in [6.07, 6.45) is -0.737. The molecule has 0 bridgehead atoms. The average molecular weight is 326 g/mol. The molecule has 0 unspecified atom stereocenters. The monoisotopic (exact) mass is 324 g/mol. The third kappa shape index (κ3) is 7.10. The van der Waals surface area contributed by atoms with E-state index in [-0.39, 0.29) is 12.5 Å². The van der Waals surface area contributed by atoms with E-state index in [0.29, 0.717) is 11.4 Å². The van der Waals surface area contributed by atoms with Crippen LogP contribution in [0.15, 0.2) is 24.3 Å². The second kappa shape index (κ2) is 6.84. The summed E-state index contributed by atoms with van der Waals surface area (Å²) < 4.78 is 3.04. The van der Waals surface area contributed by atoms with E-state index in [1.807, 2.05) is 0 Å². The highest BCUT2D eigenvalue weighted by Crippen LogP contribution is 2.26. The lowest BCUT2D eigenvalue weighted by atomic mass is 10.3. The zero-order chi connectivity index (χ0) is 14.5. The van der Waals surface area contributed by atoms with Crippen LogP contribution in [0, 0.1) is 0 Å². The van der Waals surface area contributed by atoms with Crippen molar-refractivity contribution in [1.82, 2.24) is 0 Å². The van der Waals surface area contributed by atoms with Crippen molar-refractivity contribution in [2.45, 2.75) is 10.7 Å². The lowest BCUT2D eigenvalue weighted by Crippen LogP contribution is -2.21. The molecule has 0 radical (unpaired) electrons. The predicted molar refractivity (Wildman–Crippen MR) is 76.0 cm³/mol. The Labute approximate surface area is 125 Å². The molecule has 1 rings (SSSR count). The van der Waals surface area contributed by atoms with Gasteiger partial charge in [-0.3, -0.25) is 10.1 Å². The fourth-order valence-electron chi connectivity index (χ4n) is 1.14. The Morgan fingerprint density at radius 1 is 1.11 bits per heavy atom. The van der Waals surface area contributed by atoms with Crippen molar-refractivity contribution in [3.63, 3.8) is 0 Å². The Bertz CT molecular complexity index is 457. The second-order valence-corrected chi connectivity index (χ2v) is 6.09. The number of carbonyl (C=O) groups excluding carboxylic acids is 2. The largest absolute Gasteiger partial charge is 0.445 e. The molecule has 0 aliphatic carbocycles. The van der Waals surface area contributed by atoms with Crippen LogP contribution >= 0.6 is 34.8 Å². The number of amides is 2. The van der Waals surface area contributed by atoms with Gasteiger partial charge < -0.3 is 10.1 Å². The third-order valence-corrected chi connectivity index (χ3v) is 2.15. The van der Waals surface area contributed by atoms with E-state index in [4.69, 9.17) is 34.8 Å². The van der Waals surface area contributed by atoms with Crippen molar-refractivity contribution in [2.24, 2.45) is 0 Å². The highest BCUT2D eigenvalue weighted by Gasteiger charge is 2.22. The first-order valence-electron chi connectivity index (χ1n) is 5.14. The lowest BCUT2D eigenvalue weighted by Gasteiger charge is -2.12. The van der Waals surface area contributed by atoms with Gasteiger partial charge in [-0.1, -0.05) is 34.8 Å². The SMILES string of the molecule is CC(=O)Nc1ccc(NC(=O)OCC(Cl)(Cl)Cl)cc1. The summed E-state index contributed by atoms with van der Waals surface area (Å²) in [5.41, 5.74) is 1.11. The molecule has 8 heteroatoms. The summed E-state index contributed by atoms with van der Waals surface area (Å²) >= 11 is 16.3. The molecule has 1 aromatic carbocycles. The van der Waals surface area contributed by atoms with Gasteiger partial charge >= 0.3 is 6.09 Å². The minimum absolute atomic E-state index is 0.178. The van der Waals surface area contributed by atoms with Crippen molar-refractivity contribution >= 4 is 58.2 Å². The molecule has 5 nitrogen and oxygen atoms in total. The van der Waals surface area contributed by atoms with E-state index in [2.05, 4.69) is 15.4 Å². The smallest absolute Gasteiger partial charge is 0.411 e. The normalized spacial score (nSPS) is 10.7. The van der Waals surface area contributed by atoms with Crippen LogP contribution in [-0.2, 0) is 9.53 Å². The number of hydrogen-bond acceptors (Lipinski definition) is 3. The number of hydrogen-bond donors (Lipinski definition) is 2. The zero-order valence-corrected chi connectivity index (χ0v) is 12.1. The maximum absolute atomic E-state index is 11.3. The highest BCUT2D eigenvalue weighted by atomic mass is 35.6. The third-order valence-electron chi connectivity index (χ3n) is 1.82. The van der Waals surface area contributed by atoms with E-state index in [1.54, 1.807) is 24.3 Å². The summed E-state index contributed by atoms with van der Waals surface area (Å²) in [5, 5.41) is 5.04. The van der Waals surface area contributed by atoms with Crippen LogP contribution in [0.1, 0.15) is 6.92 Å². The number of rotatable bonds is 3. The molecule has 2 N–H and O–H groups in total. The van der Waals surface area contributed by atoms with Gasteiger partial charge in [-0.25, -0.2) is 4.79 Å². The molecular weight excluding hydrogens is 314 g/mol. The van der Waals surface area contributed by atoms with E-state index < -0.39 is 9.89 Å². The van der Waals surface area contributed by atoms with Gasteiger partial charge in [0.15, 0.2) is 0 Å². The van der Waals surface area contributed by atoms with Crippen LogP contribution in [0.25, 0.3) is 0 Å². The first-order valence-corrected chi connectivity index (χ1v) is 6.28. The van der Waals surface area contributed by atoms with E-state index in [1.165, 1.54) is 6.92 Å². The van der Waals surface area contributed by atoms with Gasteiger partial charge in [-0.05, 0) is 24.3 Å². The minimum atomic E-state index is -1.65. The van der Waals surface area contributed by atoms with Crippen LogP contribution in [0.5, 0.6) is 0 Å². The quantitative estimate of drug-likeness (QED) is 0.835. The summed E-state index contributed by atoms with van der Waals surface area (Å²) in [4.78, 5) is 22.2. The molecule has 0 aromatic heterocycles. The zero-order valence-electron chi connectivity index (χ0n) is 9.88. The Morgan fingerprint density at radius 2 is 1.58 bits per heavy atom. The molecule has 1 aromatic rings. The molecule has 19 heavy (non-hydrogen) atoms. The molecule has 0 fully saturated rings. The molecular formula is C11H11Cl3N2O3. The van der Waals surface area contributed by atoms with Gasteiger partial charge in [-0.15, -0.1) is 0 Å². The number of nitrogens with one attached hydrogen (secondary N) is 2. The lowest BCUT2D eigenvalue weighted by molar-refractivity contribution is -0.114. The summed E-state index contributed by atoms with van der Waals surface area (Å²) in [6.45, 7) is 1.05. The summed E-state index contributed by atoms with van der Waals surface area (Å²) in [7, 11) is 0. The topological polar surface area (TPSA) is 67.4 Å². The van der Waals surface area contributed by atoms with Crippen molar-refractivity contribution in [3.8, 4) is 0 Å². The van der Waals surface area contributed by atoms with Gasteiger partial charge in [0, 0.05) is 18.3 Å². The van der Waals surface area contributed by atoms with Crippen molar-refractivity contribution in [1.29, 1.82) is 0 Å². The number of benzene rings is 1. The first-order chi connectivity index (χ1) is 8.76. The number of halogens is 3. The van der Waals surface area contributed by atoms with Crippen LogP contribution < -0.4 is 10.6 Å². The van der Waals surface area contributed by atoms with E-state index in [9.17, 15) is 9.59 Å². The number of carbonyl (C=O) groups is 2. The van der Waals surface area contributed by atoms with Crippen LogP contribution in [0.2, 0.25) is 0 Å². The number of ether oxygens (including phenoxy) is 1. The van der Waals surface area contributed by atoms with Gasteiger partial charge in [0.1, 0.15) is 6.61 Å². The predicted octanol–water partition coefficient (Wildman–Crippen LogP) is 3.56. The molecule has 0 aliphatic rings. The van der Waals surface area contributed by atoms with E-state index in [0.717, 1.165) is 0 Å². The second-order valence-electron chi connectivity index (χ2n) is 3.57. The maximum atomic E-state index is 11.3. The van der Waals surface area contributed by atoms with Gasteiger partial charge in [-0.2, -0.15) is 0 Å². The van der Waals surface area contributed by atoms with Gasteiger partial charge in [0.2, 0.25) is 9.70 Å². The van der Waals surface area contributed by atoms with Crippen molar-refractivity contribution in [2.75, 3.05) is 17.2 Å². The Morgan fingerprint density at radius 3 is 2.00 bits per heavy atom. The summed E-state index contributed by atoms with van der Waals surface area (Å²) in [6, 6.07) is 6.46. The molecule has 0 spiro atoms. The average Bonchev–Trinajstić information content (AvgIpc) is 2.28. The summed E-state index contributed by atoms with van der Waals surface area (Å²) in [5.74, 6) is -0.178. The first kappa shape index (κ1) is 15.9. The Balaban J connectivity index is 2.49.